The van der Waals surface area contributed by atoms with E-state index in [1.54, 1.807) is 13.0 Å². The van der Waals surface area contributed by atoms with Gasteiger partial charge in [0.2, 0.25) is 0 Å². The molecule has 0 saturated heterocycles. The van der Waals surface area contributed by atoms with E-state index in [4.69, 9.17) is 11.1 Å². The Hall–Kier alpha value is -1.87. The molecule has 3 N–H and O–H groups in total. The van der Waals surface area contributed by atoms with Crippen LogP contribution in [-0.2, 0) is 0 Å². The summed E-state index contributed by atoms with van der Waals surface area (Å²) in [6, 6.07) is 14.4. The Kier molecular flexibility index (Phi) is 5.07. The van der Waals surface area contributed by atoms with Gasteiger partial charge in [-0.3, -0.25) is 5.41 Å². The molecule has 4 heteroatoms. The van der Waals surface area contributed by atoms with Crippen LogP contribution in [0.15, 0.2) is 48.5 Å². The molecule has 0 aromatic heterocycles. The Balaban J connectivity index is 0.00000180. The number of nitrogens with two attached hydrogens (primary N) is 1. The van der Waals surface area contributed by atoms with Crippen LogP contribution < -0.4 is 5.73 Å². The standard InChI is InChI=1S/C15H15FN2.ClH/c1-10(15(17)18)12-7-8-13(14(16)9-12)11-5-3-2-4-6-11;/h2-10H,1H3,(H3,17,18);1H. The summed E-state index contributed by atoms with van der Waals surface area (Å²) in [6.07, 6.45) is 0. The summed E-state index contributed by atoms with van der Waals surface area (Å²) in [5.41, 5.74) is 7.56. The van der Waals surface area contributed by atoms with E-state index < -0.39 is 0 Å². The molecule has 0 amide bonds. The Bertz CT molecular complexity index is 570. The monoisotopic (exact) mass is 278 g/mol. The fourth-order valence-electron chi connectivity index (χ4n) is 1.83. The van der Waals surface area contributed by atoms with E-state index in [-0.39, 0.29) is 30.0 Å². The largest absolute Gasteiger partial charge is 0.387 e. The van der Waals surface area contributed by atoms with E-state index in [9.17, 15) is 4.39 Å². The van der Waals surface area contributed by atoms with Crippen LogP contribution in [0, 0.1) is 11.2 Å². The van der Waals surface area contributed by atoms with Gasteiger partial charge in [0.1, 0.15) is 5.82 Å². The fraction of sp³-hybridized carbons (Fsp3) is 0.133. The van der Waals surface area contributed by atoms with Gasteiger partial charge in [-0.2, -0.15) is 0 Å². The number of halogens is 2. The summed E-state index contributed by atoms with van der Waals surface area (Å²) in [5, 5.41) is 7.38. The number of hydrogen-bond acceptors (Lipinski definition) is 1. The SMILES string of the molecule is CC(C(=N)N)c1ccc(-c2ccccc2)c(F)c1.Cl. The molecular formula is C15H16ClFN2. The maximum atomic E-state index is 14.0. The van der Waals surface area contributed by atoms with Gasteiger partial charge < -0.3 is 5.73 Å². The van der Waals surface area contributed by atoms with Crippen LogP contribution in [0.25, 0.3) is 11.1 Å². The second kappa shape index (κ2) is 6.34. The summed E-state index contributed by atoms with van der Waals surface area (Å²) >= 11 is 0. The third-order valence-corrected chi connectivity index (χ3v) is 3.04. The van der Waals surface area contributed by atoms with Gasteiger partial charge >= 0.3 is 0 Å². The molecule has 1 atom stereocenters. The first-order chi connectivity index (χ1) is 8.59. The van der Waals surface area contributed by atoms with Crippen LogP contribution in [0.5, 0.6) is 0 Å². The van der Waals surface area contributed by atoms with E-state index in [0.717, 1.165) is 11.1 Å². The van der Waals surface area contributed by atoms with Crippen molar-refractivity contribution in [2.75, 3.05) is 0 Å². The Morgan fingerprint density at radius 3 is 2.32 bits per heavy atom. The molecular weight excluding hydrogens is 263 g/mol. The van der Waals surface area contributed by atoms with E-state index >= 15 is 0 Å². The molecule has 2 rings (SSSR count). The molecule has 19 heavy (non-hydrogen) atoms. The second-order valence-corrected chi connectivity index (χ2v) is 4.28. The Morgan fingerprint density at radius 2 is 1.79 bits per heavy atom. The topological polar surface area (TPSA) is 49.9 Å². The van der Waals surface area contributed by atoms with Crippen molar-refractivity contribution in [3.05, 3.63) is 59.9 Å². The lowest BCUT2D eigenvalue weighted by molar-refractivity contribution is 0.628. The highest BCUT2D eigenvalue weighted by molar-refractivity contribution is 5.85. The molecule has 0 bridgehead atoms. The zero-order valence-corrected chi connectivity index (χ0v) is 11.4. The van der Waals surface area contributed by atoms with Crippen LogP contribution in [0.1, 0.15) is 18.4 Å². The van der Waals surface area contributed by atoms with Crippen molar-refractivity contribution in [3.63, 3.8) is 0 Å². The Morgan fingerprint density at radius 1 is 1.16 bits per heavy atom. The van der Waals surface area contributed by atoms with Crippen molar-refractivity contribution in [2.24, 2.45) is 5.73 Å². The maximum absolute atomic E-state index is 14.0. The molecule has 2 aromatic rings. The number of amidine groups is 1. The van der Waals surface area contributed by atoms with Gasteiger partial charge in [0.15, 0.2) is 0 Å². The predicted octanol–water partition coefficient (Wildman–Crippen LogP) is 3.95. The molecule has 2 aromatic carbocycles. The van der Waals surface area contributed by atoms with Gasteiger partial charge in [-0.05, 0) is 17.2 Å². The number of rotatable bonds is 3. The third-order valence-electron chi connectivity index (χ3n) is 3.04. The van der Waals surface area contributed by atoms with Gasteiger partial charge in [0.05, 0.1) is 5.84 Å². The molecule has 0 fully saturated rings. The summed E-state index contributed by atoms with van der Waals surface area (Å²) in [5.74, 6) is -0.502. The molecule has 100 valence electrons. The highest BCUT2D eigenvalue weighted by atomic mass is 35.5. The average molecular weight is 279 g/mol. The minimum absolute atomic E-state index is 0. The Labute approximate surface area is 118 Å². The minimum atomic E-state index is -0.285. The first kappa shape index (κ1) is 15.2. The van der Waals surface area contributed by atoms with Gasteiger partial charge in [-0.15, -0.1) is 12.4 Å². The van der Waals surface area contributed by atoms with Crippen LogP contribution in [-0.4, -0.2) is 5.84 Å². The quantitative estimate of drug-likeness (QED) is 0.648. The molecule has 0 aliphatic rings. The number of hydrogen-bond donors (Lipinski definition) is 2. The average Bonchev–Trinajstić information content (AvgIpc) is 2.38. The van der Waals surface area contributed by atoms with Crippen LogP contribution in [0.4, 0.5) is 4.39 Å². The van der Waals surface area contributed by atoms with E-state index in [1.165, 1.54) is 6.07 Å². The number of nitrogens with one attached hydrogen (secondary N) is 1. The fourth-order valence-corrected chi connectivity index (χ4v) is 1.83. The van der Waals surface area contributed by atoms with Crippen molar-refractivity contribution >= 4 is 18.2 Å². The molecule has 1 unspecified atom stereocenters. The van der Waals surface area contributed by atoms with Gasteiger partial charge in [0, 0.05) is 11.5 Å². The van der Waals surface area contributed by atoms with E-state index in [2.05, 4.69) is 0 Å². The lowest BCUT2D eigenvalue weighted by atomic mass is 9.96. The smallest absolute Gasteiger partial charge is 0.131 e. The molecule has 0 spiro atoms. The lowest BCUT2D eigenvalue weighted by Gasteiger charge is -2.11. The van der Waals surface area contributed by atoms with Crippen molar-refractivity contribution in [1.82, 2.24) is 0 Å². The molecule has 0 aliphatic heterocycles. The van der Waals surface area contributed by atoms with Crippen molar-refractivity contribution in [2.45, 2.75) is 12.8 Å². The molecule has 0 aliphatic carbocycles. The summed E-state index contributed by atoms with van der Waals surface area (Å²) < 4.78 is 14.0. The first-order valence-corrected chi connectivity index (χ1v) is 5.78. The zero-order chi connectivity index (χ0) is 13.1. The molecule has 2 nitrogen and oxygen atoms in total. The van der Waals surface area contributed by atoms with Gasteiger partial charge in [-0.25, -0.2) is 4.39 Å². The minimum Gasteiger partial charge on any atom is -0.387 e. The first-order valence-electron chi connectivity index (χ1n) is 5.78. The van der Waals surface area contributed by atoms with Crippen molar-refractivity contribution < 1.29 is 4.39 Å². The summed E-state index contributed by atoms with van der Waals surface area (Å²) in [6.45, 7) is 1.79. The second-order valence-electron chi connectivity index (χ2n) is 4.28. The molecule has 0 saturated carbocycles. The van der Waals surface area contributed by atoms with Crippen LogP contribution in [0.2, 0.25) is 0 Å². The van der Waals surface area contributed by atoms with Gasteiger partial charge in [-0.1, -0.05) is 49.4 Å². The summed E-state index contributed by atoms with van der Waals surface area (Å²) in [4.78, 5) is 0. The molecule has 0 radical (unpaired) electrons. The van der Waals surface area contributed by atoms with E-state index in [0.29, 0.717) is 5.56 Å². The molecule has 0 heterocycles. The lowest BCUT2D eigenvalue weighted by Crippen LogP contribution is -2.17. The van der Waals surface area contributed by atoms with E-state index in [1.807, 2.05) is 36.4 Å². The third kappa shape index (κ3) is 3.32. The zero-order valence-electron chi connectivity index (χ0n) is 10.6. The van der Waals surface area contributed by atoms with Crippen molar-refractivity contribution in [3.8, 4) is 11.1 Å². The van der Waals surface area contributed by atoms with Crippen molar-refractivity contribution in [1.29, 1.82) is 5.41 Å². The highest BCUT2D eigenvalue weighted by Crippen LogP contribution is 2.26. The maximum Gasteiger partial charge on any atom is 0.131 e. The van der Waals surface area contributed by atoms with Crippen LogP contribution >= 0.6 is 12.4 Å². The predicted molar refractivity (Wildman–Crippen MR) is 79.4 cm³/mol. The van der Waals surface area contributed by atoms with Gasteiger partial charge in [0.25, 0.3) is 0 Å². The number of benzene rings is 2. The highest BCUT2D eigenvalue weighted by Gasteiger charge is 2.12. The normalized spacial score (nSPS) is 11.5. The summed E-state index contributed by atoms with van der Waals surface area (Å²) in [7, 11) is 0. The van der Waals surface area contributed by atoms with Crippen LogP contribution in [0.3, 0.4) is 0 Å².